The summed E-state index contributed by atoms with van der Waals surface area (Å²) in [5, 5.41) is 5.25. The lowest BCUT2D eigenvalue weighted by molar-refractivity contribution is -0.125. The normalized spacial score (nSPS) is 16.1. The highest BCUT2D eigenvalue weighted by Gasteiger charge is 2.17. The van der Waals surface area contributed by atoms with E-state index < -0.39 is 0 Å². The topological polar surface area (TPSA) is 87.5 Å². The van der Waals surface area contributed by atoms with Crippen LogP contribution in [0, 0.1) is 0 Å². The van der Waals surface area contributed by atoms with Gasteiger partial charge in [0.05, 0.1) is 13.1 Å². The van der Waals surface area contributed by atoms with Gasteiger partial charge in [0, 0.05) is 12.6 Å². The molecule has 0 saturated heterocycles. The molecular formula is C14H28N4O2. The minimum atomic E-state index is -0.308. The second kappa shape index (κ2) is 9.72. The summed E-state index contributed by atoms with van der Waals surface area (Å²) in [6.45, 7) is 1.57. The monoisotopic (exact) mass is 284 g/mol. The lowest BCUT2D eigenvalue weighted by atomic mass is 9.94. The van der Waals surface area contributed by atoms with E-state index in [4.69, 9.17) is 5.73 Å². The van der Waals surface area contributed by atoms with Crippen molar-refractivity contribution in [2.24, 2.45) is 5.73 Å². The van der Waals surface area contributed by atoms with E-state index in [0.717, 1.165) is 13.0 Å². The van der Waals surface area contributed by atoms with Crippen molar-refractivity contribution in [2.75, 3.05) is 33.2 Å². The summed E-state index contributed by atoms with van der Waals surface area (Å²) in [6, 6.07) is 0.711. The minimum absolute atomic E-state index is 0.00843. The fourth-order valence-corrected chi connectivity index (χ4v) is 2.57. The van der Waals surface area contributed by atoms with Gasteiger partial charge in [0.15, 0.2) is 0 Å². The molecule has 0 atom stereocenters. The molecule has 0 aromatic carbocycles. The molecule has 1 fully saturated rings. The number of nitrogens with one attached hydrogen (secondary N) is 2. The summed E-state index contributed by atoms with van der Waals surface area (Å²) in [7, 11) is 2.17. The van der Waals surface area contributed by atoms with Crippen molar-refractivity contribution in [3.8, 4) is 0 Å². The van der Waals surface area contributed by atoms with Crippen molar-refractivity contribution in [2.45, 2.75) is 44.6 Å². The highest BCUT2D eigenvalue weighted by atomic mass is 16.2. The summed E-state index contributed by atoms with van der Waals surface area (Å²) in [6.07, 6.45) is 7.58. The lowest BCUT2D eigenvalue weighted by Gasteiger charge is -2.31. The molecule has 0 aromatic heterocycles. The second-order valence-corrected chi connectivity index (χ2v) is 5.46. The quantitative estimate of drug-likeness (QED) is 0.540. The van der Waals surface area contributed by atoms with Crippen LogP contribution in [0.5, 0.6) is 0 Å². The van der Waals surface area contributed by atoms with Crippen molar-refractivity contribution >= 4 is 11.8 Å². The van der Waals surface area contributed by atoms with Gasteiger partial charge in [-0.2, -0.15) is 0 Å². The van der Waals surface area contributed by atoms with Crippen LogP contribution in [0.1, 0.15) is 38.5 Å². The Hall–Kier alpha value is -1.14. The lowest BCUT2D eigenvalue weighted by Crippen LogP contribution is -2.40. The van der Waals surface area contributed by atoms with Crippen LogP contribution in [0.4, 0.5) is 0 Å². The Morgan fingerprint density at radius 3 is 2.50 bits per heavy atom. The van der Waals surface area contributed by atoms with Crippen molar-refractivity contribution in [3.63, 3.8) is 0 Å². The predicted octanol–water partition coefficient (Wildman–Crippen LogP) is -0.168. The zero-order valence-corrected chi connectivity index (χ0v) is 12.5. The fourth-order valence-electron chi connectivity index (χ4n) is 2.57. The van der Waals surface area contributed by atoms with E-state index in [2.05, 4.69) is 22.6 Å². The zero-order chi connectivity index (χ0) is 14.8. The van der Waals surface area contributed by atoms with Crippen molar-refractivity contribution in [1.82, 2.24) is 15.5 Å². The summed E-state index contributed by atoms with van der Waals surface area (Å²) >= 11 is 0. The molecule has 0 radical (unpaired) electrons. The first kappa shape index (κ1) is 16.9. The first-order valence-electron chi connectivity index (χ1n) is 7.57. The fraction of sp³-hybridized carbons (Fsp3) is 0.857. The molecule has 1 aliphatic rings. The van der Waals surface area contributed by atoms with Gasteiger partial charge in [0.1, 0.15) is 0 Å². The number of rotatable bonds is 8. The third-order valence-corrected chi connectivity index (χ3v) is 3.84. The summed E-state index contributed by atoms with van der Waals surface area (Å²) in [4.78, 5) is 24.7. The van der Waals surface area contributed by atoms with Crippen LogP contribution in [0.25, 0.3) is 0 Å². The molecular weight excluding hydrogens is 256 g/mol. The molecule has 0 spiro atoms. The van der Waals surface area contributed by atoms with Crippen LogP contribution < -0.4 is 16.4 Å². The molecule has 0 bridgehead atoms. The van der Waals surface area contributed by atoms with Crippen LogP contribution in [0.2, 0.25) is 0 Å². The molecule has 0 unspecified atom stereocenters. The predicted molar refractivity (Wildman–Crippen MR) is 79.2 cm³/mol. The SMILES string of the molecule is CN(CCCNC(=O)CNC(=O)CN)C1CCCCC1. The van der Waals surface area contributed by atoms with E-state index in [0.29, 0.717) is 12.6 Å². The molecule has 0 aliphatic heterocycles. The van der Waals surface area contributed by atoms with Gasteiger partial charge in [-0.05, 0) is 32.9 Å². The molecule has 6 heteroatoms. The number of carbonyl (C=O) groups is 2. The van der Waals surface area contributed by atoms with Gasteiger partial charge in [0.2, 0.25) is 11.8 Å². The maximum Gasteiger partial charge on any atom is 0.239 e. The van der Waals surface area contributed by atoms with Crippen LogP contribution in [0.15, 0.2) is 0 Å². The highest BCUT2D eigenvalue weighted by Crippen LogP contribution is 2.21. The Morgan fingerprint density at radius 2 is 1.85 bits per heavy atom. The standard InChI is InChI=1S/C14H28N4O2/c1-18(12-6-3-2-4-7-12)9-5-8-16-14(20)11-17-13(19)10-15/h12H,2-11,15H2,1H3,(H,16,20)(H,17,19). The second-order valence-electron chi connectivity index (χ2n) is 5.46. The van der Waals surface area contributed by atoms with Gasteiger partial charge in [-0.25, -0.2) is 0 Å². The minimum Gasteiger partial charge on any atom is -0.355 e. The molecule has 2 amide bonds. The molecule has 4 N–H and O–H groups in total. The molecule has 20 heavy (non-hydrogen) atoms. The Morgan fingerprint density at radius 1 is 1.15 bits per heavy atom. The van der Waals surface area contributed by atoms with E-state index in [9.17, 15) is 9.59 Å². The Bertz CT molecular complexity index is 304. The van der Waals surface area contributed by atoms with Gasteiger partial charge >= 0.3 is 0 Å². The van der Waals surface area contributed by atoms with Crippen LogP contribution in [-0.2, 0) is 9.59 Å². The first-order chi connectivity index (χ1) is 9.63. The summed E-state index contributed by atoms with van der Waals surface area (Å²) in [5.74, 6) is -0.468. The van der Waals surface area contributed by atoms with E-state index in [1.165, 1.54) is 32.1 Å². The number of hydrogen-bond donors (Lipinski definition) is 3. The number of amides is 2. The largest absolute Gasteiger partial charge is 0.355 e. The van der Waals surface area contributed by atoms with Crippen LogP contribution in [-0.4, -0.2) is 56.0 Å². The van der Waals surface area contributed by atoms with Crippen LogP contribution >= 0.6 is 0 Å². The van der Waals surface area contributed by atoms with E-state index in [1.807, 2.05) is 0 Å². The summed E-state index contributed by atoms with van der Waals surface area (Å²) in [5.41, 5.74) is 5.13. The number of nitrogens with zero attached hydrogens (tertiary/aromatic N) is 1. The van der Waals surface area contributed by atoms with E-state index >= 15 is 0 Å². The smallest absolute Gasteiger partial charge is 0.239 e. The first-order valence-corrected chi connectivity index (χ1v) is 7.57. The Kier molecular flexibility index (Phi) is 8.22. The van der Waals surface area contributed by atoms with Gasteiger partial charge in [-0.1, -0.05) is 19.3 Å². The average Bonchev–Trinajstić information content (AvgIpc) is 2.49. The number of hydrogen-bond acceptors (Lipinski definition) is 4. The van der Waals surface area contributed by atoms with Gasteiger partial charge < -0.3 is 21.3 Å². The molecule has 116 valence electrons. The van der Waals surface area contributed by atoms with Crippen molar-refractivity contribution in [3.05, 3.63) is 0 Å². The summed E-state index contributed by atoms with van der Waals surface area (Å²) < 4.78 is 0. The molecule has 0 heterocycles. The average molecular weight is 284 g/mol. The van der Waals surface area contributed by atoms with Gasteiger partial charge in [0.25, 0.3) is 0 Å². The van der Waals surface area contributed by atoms with Crippen molar-refractivity contribution in [1.29, 1.82) is 0 Å². The maximum atomic E-state index is 11.4. The third kappa shape index (κ3) is 6.86. The molecule has 1 saturated carbocycles. The van der Waals surface area contributed by atoms with E-state index in [1.54, 1.807) is 0 Å². The Labute approximate surface area is 121 Å². The molecule has 1 aliphatic carbocycles. The van der Waals surface area contributed by atoms with Crippen molar-refractivity contribution < 1.29 is 9.59 Å². The molecule has 0 aromatic rings. The number of carbonyl (C=O) groups excluding carboxylic acids is 2. The van der Waals surface area contributed by atoms with E-state index in [-0.39, 0.29) is 24.9 Å². The Balaban J connectivity index is 2.02. The third-order valence-electron chi connectivity index (χ3n) is 3.84. The molecule has 1 rings (SSSR count). The van der Waals surface area contributed by atoms with Gasteiger partial charge in [-0.3, -0.25) is 9.59 Å². The molecule has 6 nitrogen and oxygen atoms in total. The number of nitrogens with two attached hydrogens (primary N) is 1. The zero-order valence-electron chi connectivity index (χ0n) is 12.5. The van der Waals surface area contributed by atoms with Crippen LogP contribution in [0.3, 0.4) is 0 Å². The highest BCUT2D eigenvalue weighted by molar-refractivity contribution is 5.85. The maximum absolute atomic E-state index is 11.4. The van der Waals surface area contributed by atoms with Gasteiger partial charge in [-0.15, -0.1) is 0 Å².